The molecule has 102 valence electrons. The summed E-state index contributed by atoms with van der Waals surface area (Å²) in [6.45, 7) is 2.55. The number of hydrogen-bond donors (Lipinski definition) is 2. The van der Waals surface area contributed by atoms with Crippen LogP contribution in [0.5, 0.6) is 0 Å². The van der Waals surface area contributed by atoms with Crippen LogP contribution in [-0.2, 0) is 0 Å². The Morgan fingerprint density at radius 2 is 2.42 bits per heavy atom. The zero-order valence-corrected chi connectivity index (χ0v) is 10.6. The molecule has 1 saturated heterocycles. The number of nitrogens with one attached hydrogen (secondary N) is 1. The van der Waals surface area contributed by atoms with E-state index in [4.69, 9.17) is 0 Å². The normalized spacial score (nSPS) is 19.1. The van der Waals surface area contributed by atoms with Crippen molar-refractivity contribution in [1.29, 1.82) is 0 Å². The van der Waals surface area contributed by atoms with E-state index < -0.39 is 0 Å². The summed E-state index contributed by atoms with van der Waals surface area (Å²) in [6.07, 6.45) is 2.37. The van der Waals surface area contributed by atoms with E-state index in [1.165, 1.54) is 11.1 Å². The molecule has 2 aromatic rings. The van der Waals surface area contributed by atoms with Gasteiger partial charge in [-0.15, -0.1) is 14.8 Å². The van der Waals surface area contributed by atoms with Crippen LogP contribution in [0, 0.1) is 0 Å². The van der Waals surface area contributed by atoms with Gasteiger partial charge >= 0.3 is 0 Å². The highest BCUT2D eigenvalue weighted by molar-refractivity contribution is 5.44. The average Bonchev–Trinajstić information content (AvgIpc) is 3.08. The fourth-order valence-electron chi connectivity index (χ4n) is 2.41. The van der Waals surface area contributed by atoms with Gasteiger partial charge < -0.3 is 15.3 Å². The van der Waals surface area contributed by atoms with E-state index in [0.717, 1.165) is 25.3 Å². The fraction of sp³-hybridized carbons (Fsp3) is 0.636. The lowest BCUT2D eigenvalue weighted by atomic mass is 10.2. The van der Waals surface area contributed by atoms with Crippen LogP contribution in [0.2, 0.25) is 0 Å². The second kappa shape index (κ2) is 5.45. The van der Waals surface area contributed by atoms with Crippen molar-refractivity contribution in [3.8, 4) is 0 Å². The summed E-state index contributed by atoms with van der Waals surface area (Å²) in [7, 11) is 0. The molecule has 3 heterocycles. The van der Waals surface area contributed by atoms with Crippen molar-refractivity contribution < 1.29 is 5.11 Å². The first-order valence-electron chi connectivity index (χ1n) is 6.51. The predicted molar refractivity (Wildman–Crippen MR) is 68.9 cm³/mol. The average molecular weight is 263 g/mol. The maximum atomic E-state index is 9.21. The number of aliphatic hydroxyl groups is 1. The molecule has 2 N–H and O–H groups in total. The van der Waals surface area contributed by atoms with Gasteiger partial charge in [0.05, 0.1) is 6.61 Å². The van der Waals surface area contributed by atoms with Crippen molar-refractivity contribution in [2.45, 2.75) is 18.9 Å². The van der Waals surface area contributed by atoms with Gasteiger partial charge in [0.2, 0.25) is 0 Å². The molecule has 19 heavy (non-hydrogen) atoms. The first-order valence-corrected chi connectivity index (χ1v) is 6.51. The molecule has 0 radical (unpaired) electrons. The van der Waals surface area contributed by atoms with Crippen LogP contribution in [0.25, 0.3) is 5.65 Å². The molecule has 0 aliphatic carbocycles. The Kier molecular flexibility index (Phi) is 3.51. The SMILES string of the molecule is OCCN(CC1CCCN1)c1ccc2nnnn2n1. The van der Waals surface area contributed by atoms with Crippen LogP contribution >= 0.6 is 0 Å². The van der Waals surface area contributed by atoms with Crippen LogP contribution in [-0.4, -0.2) is 62.6 Å². The van der Waals surface area contributed by atoms with Crippen molar-refractivity contribution in [3.63, 3.8) is 0 Å². The van der Waals surface area contributed by atoms with E-state index in [1.54, 1.807) is 0 Å². The summed E-state index contributed by atoms with van der Waals surface area (Å²) in [5.41, 5.74) is 0.617. The van der Waals surface area contributed by atoms with Gasteiger partial charge in [-0.2, -0.15) is 0 Å². The number of tetrazole rings is 1. The van der Waals surface area contributed by atoms with Crippen LogP contribution in [0.1, 0.15) is 12.8 Å². The predicted octanol–water partition coefficient (Wildman–Crippen LogP) is -0.930. The van der Waals surface area contributed by atoms with Crippen molar-refractivity contribution in [1.82, 2.24) is 30.6 Å². The molecule has 1 atom stereocenters. The summed E-state index contributed by atoms with van der Waals surface area (Å²) in [4.78, 5) is 2.06. The molecule has 1 aliphatic rings. The second-order valence-electron chi connectivity index (χ2n) is 4.68. The quantitative estimate of drug-likeness (QED) is 0.720. The number of fused-ring (bicyclic) bond motifs is 1. The summed E-state index contributed by atoms with van der Waals surface area (Å²) in [5, 5.41) is 28.2. The van der Waals surface area contributed by atoms with Gasteiger partial charge in [0.1, 0.15) is 0 Å². The monoisotopic (exact) mass is 263 g/mol. The molecule has 0 spiro atoms. The molecule has 0 saturated carbocycles. The van der Waals surface area contributed by atoms with Crippen LogP contribution in [0.15, 0.2) is 12.1 Å². The maximum absolute atomic E-state index is 9.21. The zero-order valence-electron chi connectivity index (χ0n) is 10.6. The number of anilines is 1. The Bertz CT molecular complexity index is 537. The Morgan fingerprint density at radius 3 is 3.21 bits per heavy atom. The molecule has 1 unspecified atom stereocenters. The molecule has 2 aromatic heterocycles. The molecule has 1 aliphatic heterocycles. The standard InChI is InChI=1S/C11H17N7O/c19-7-6-17(8-9-2-1-5-12-9)11-4-3-10-13-15-16-18(10)14-11/h3-4,9,12,19H,1-2,5-8H2. The number of aromatic nitrogens is 5. The summed E-state index contributed by atoms with van der Waals surface area (Å²) >= 11 is 0. The van der Waals surface area contributed by atoms with Gasteiger partial charge in [-0.3, -0.25) is 0 Å². The van der Waals surface area contributed by atoms with Gasteiger partial charge in [-0.05, 0) is 41.9 Å². The minimum absolute atomic E-state index is 0.0993. The summed E-state index contributed by atoms with van der Waals surface area (Å²) in [6, 6.07) is 4.17. The molecule has 0 amide bonds. The smallest absolute Gasteiger partial charge is 0.200 e. The van der Waals surface area contributed by atoms with E-state index in [9.17, 15) is 5.11 Å². The van der Waals surface area contributed by atoms with Gasteiger partial charge in [0.15, 0.2) is 11.5 Å². The minimum atomic E-state index is 0.0993. The van der Waals surface area contributed by atoms with Crippen molar-refractivity contribution in [2.24, 2.45) is 0 Å². The third-order valence-corrected chi connectivity index (χ3v) is 3.35. The Labute approximate surface area is 110 Å². The van der Waals surface area contributed by atoms with Crippen LogP contribution in [0.4, 0.5) is 5.82 Å². The third kappa shape index (κ3) is 2.64. The largest absolute Gasteiger partial charge is 0.395 e. The Morgan fingerprint density at radius 1 is 1.47 bits per heavy atom. The number of nitrogens with zero attached hydrogens (tertiary/aromatic N) is 6. The number of hydrogen-bond acceptors (Lipinski definition) is 7. The van der Waals surface area contributed by atoms with E-state index >= 15 is 0 Å². The fourth-order valence-corrected chi connectivity index (χ4v) is 2.41. The van der Waals surface area contributed by atoms with Crippen LogP contribution in [0.3, 0.4) is 0 Å². The molecule has 3 rings (SSSR count). The van der Waals surface area contributed by atoms with Gasteiger partial charge in [0.25, 0.3) is 0 Å². The van der Waals surface area contributed by atoms with Gasteiger partial charge in [-0.1, -0.05) is 0 Å². The topological polar surface area (TPSA) is 91.5 Å². The van der Waals surface area contributed by atoms with E-state index in [1.807, 2.05) is 12.1 Å². The van der Waals surface area contributed by atoms with Gasteiger partial charge in [-0.25, -0.2) is 0 Å². The third-order valence-electron chi connectivity index (χ3n) is 3.35. The number of aliphatic hydroxyl groups excluding tert-OH is 1. The summed E-state index contributed by atoms with van der Waals surface area (Å²) < 4.78 is 1.40. The van der Waals surface area contributed by atoms with Crippen molar-refractivity contribution in [2.75, 3.05) is 31.1 Å². The maximum Gasteiger partial charge on any atom is 0.200 e. The lowest BCUT2D eigenvalue weighted by Gasteiger charge is -2.25. The molecule has 8 nitrogen and oxygen atoms in total. The molecule has 1 fully saturated rings. The molecule has 0 aromatic carbocycles. The van der Waals surface area contributed by atoms with E-state index in [0.29, 0.717) is 18.2 Å². The summed E-state index contributed by atoms with van der Waals surface area (Å²) in [5.74, 6) is 0.780. The first-order chi connectivity index (χ1) is 9.36. The highest BCUT2D eigenvalue weighted by Gasteiger charge is 2.19. The Hall–Kier alpha value is -1.80. The Balaban J connectivity index is 1.80. The van der Waals surface area contributed by atoms with Crippen LogP contribution < -0.4 is 10.2 Å². The number of rotatable bonds is 5. The lowest BCUT2D eigenvalue weighted by Crippen LogP contribution is -2.39. The van der Waals surface area contributed by atoms with Gasteiger partial charge in [0, 0.05) is 19.1 Å². The lowest BCUT2D eigenvalue weighted by molar-refractivity contribution is 0.300. The van der Waals surface area contributed by atoms with Crippen molar-refractivity contribution >= 4 is 11.5 Å². The van der Waals surface area contributed by atoms with Crippen molar-refractivity contribution in [3.05, 3.63) is 12.1 Å². The van der Waals surface area contributed by atoms with E-state index in [-0.39, 0.29) is 6.61 Å². The molecular weight excluding hydrogens is 246 g/mol. The molecule has 8 heteroatoms. The molecule has 0 bridgehead atoms. The first kappa shape index (κ1) is 12.2. The second-order valence-corrected chi connectivity index (χ2v) is 4.68. The zero-order chi connectivity index (χ0) is 13.1. The van der Waals surface area contributed by atoms with E-state index in [2.05, 4.69) is 30.8 Å². The minimum Gasteiger partial charge on any atom is -0.395 e. The highest BCUT2D eigenvalue weighted by atomic mass is 16.3. The highest BCUT2D eigenvalue weighted by Crippen LogP contribution is 2.14. The molecular formula is C11H17N7O.